The second-order valence-corrected chi connectivity index (χ2v) is 17.9. The summed E-state index contributed by atoms with van der Waals surface area (Å²) in [6.45, 7) is 4.78. The van der Waals surface area contributed by atoms with Crippen LogP contribution in [0.3, 0.4) is 0 Å². The van der Waals surface area contributed by atoms with Gasteiger partial charge in [-0.3, -0.25) is 0 Å². The van der Waals surface area contributed by atoms with Crippen molar-refractivity contribution in [3.05, 3.63) is 228 Å². The molecule has 0 fully saturated rings. The largest absolute Gasteiger partial charge is 0.0620 e. The van der Waals surface area contributed by atoms with E-state index in [1.54, 1.807) is 0 Å². The summed E-state index contributed by atoms with van der Waals surface area (Å²) < 4.78 is 0. The van der Waals surface area contributed by atoms with Crippen molar-refractivity contribution in [2.45, 2.75) is 37.5 Å². The lowest BCUT2D eigenvalue weighted by Gasteiger charge is -2.29. The Morgan fingerprint density at radius 2 is 0.850 bits per heavy atom. The molecule has 0 saturated carbocycles. The lowest BCUT2D eigenvalue weighted by Crippen LogP contribution is -2.23. The molecule has 1 spiro atoms. The van der Waals surface area contributed by atoms with Crippen LogP contribution in [0, 0.1) is 0 Å². The topological polar surface area (TPSA) is 0 Å². The molecule has 0 radical (unpaired) electrons. The highest BCUT2D eigenvalue weighted by Crippen LogP contribution is 2.59. The van der Waals surface area contributed by atoms with Gasteiger partial charge in [0.05, 0.1) is 0 Å². The van der Waals surface area contributed by atoms with E-state index in [9.17, 15) is 0 Å². The van der Waals surface area contributed by atoms with Crippen LogP contribution in [-0.4, -0.2) is 0 Å². The van der Waals surface area contributed by atoms with Crippen molar-refractivity contribution >= 4 is 32.3 Å². The van der Waals surface area contributed by atoms with E-state index in [4.69, 9.17) is 0 Å². The molecule has 0 N–H and O–H groups in total. The summed E-state index contributed by atoms with van der Waals surface area (Å²) in [5, 5.41) is 7.67. The smallest absolute Gasteiger partial charge is 0.0469 e. The number of fused-ring (bicyclic) bond motifs is 13. The lowest BCUT2D eigenvalue weighted by molar-refractivity contribution is 0.626. The van der Waals surface area contributed by atoms with Crippen molar-refractivity contribution in [3.8, 4) is 55.6 Å². The first-order chi connectivity index (χ1) is 29.5. The van der Waals surface area contributed by atoms with Crippen molar-refractivity contribution in [1.82, 2.24) is 0 Å². The average molecular weight is 763 g/mol. The first-order valence-corrected chi connectivity index (χ1v) is 21.5. The zero-order chi connectivity index (χ0) is 39.7. The average Bonchev–Trinajstić information content (AvgIpc) is 3.90. The molecule has 0 aliphatic heterocycles. The van der Waals surface area contributed by atoms with Gasteiger partial charge in [-0.25, -0.2) is 0 Å². The zero-order valence-electron chi connectivity index (χ0n) is 33.9. The van der Waals surface area contributed by atoms with Gasteiger partial charge in [0.1, 0.15) is 0 Å². The Hall–Kier alpha value is -7.02. The monoisotopic (exact) mass is 762 g/mol. The minimum atomic E-state index is -0.151. The summed E-state index contributed by atoms with van der Waals surface area (Å²) in [4.78, 5) is 0. The van der Waals surface area contributed by atoms with E-state index in [0.717, 1.165) is 12.8 Å². The van der Waals surface area contributed by atoms with Gasteiger partial charge in [0, 0.05) is 10.8 Å². The molecule has 1 unspecified atom stereocenters. The number of rotatable bonds is 3. The SMILES string of the molecule is CC1(C)c2ccccc2-c2ccc(-c3c4ccccc4c(-c4ccc5c(c4)C4(CCc6ccccc64)c4ccccc4-5)c4ccc(-c5ccc6ccccc6c5)cc34)cc21. The Morgan fingerprint density at radius 1 is 0.333 bits per heavy atom. The Balaban J connectivity index is 1.10. The standard InChI is InChI=1S/C60H42/c1-59(2)53-21-11-8-16-44(53)46-28-26-42(35-55(46)59)58-49-19-7-6-18-48(49)57(50-30-25-41(34-51(50)58)40-24-23-37-13-3-4-15-39(37)33-40)43-27-29-47-45-17-9-12-22-54(45)60(56(47)36-43)32-31-38-14-5-10-20-52(38)60/h3-30,33-36H,31-32H2,1-2H3. The van der Waals surface area contributed by atoms with Gasteiger partial charge in [0.2, 0.25) is 0 Å². The van der Waals surface area contributed by atoms with E-state index in [-0.39, 0.29) is 10.8 Å². The summed E-state index contributed by atoms with van der Waals surface area (Å²) in [5.41, 5.74) is 21.5. The molecule has 10 aromatic carbocycles. The second kappa shape index (κ2) is 12.3. The first kappa shape index (κ1) is 33.9. The first-order valence-electron chi connectivity index (χ1n) is 21.5. The fourth-order valence-electron chi connectivity index (χ4n) is 11.9. The highest BCUT2D eigenvalue weighted by molar-refractivity contribution is 6.22. The van der Waals surface area contributed by atoms with E-state index >= 15 is 0 Å². The Labute approximate surface area is 351 Å². The number of benzene rings is 10. The van der Waals surface area contributed by atoms with Crippen LogP contribution in [0.2, 0.25) is 0 Å². The van der Waals surface area contributed by atoms with Crippen molar-refractivity contribution in [2.24, 2.45) is 0 Å². The normalized spacial score (nSPS) is 16.6. The summed E-state index contributed by atoms with van der Waals surface area (Å²) >= 11 is 0. The number of aryl methyl sites for hydroxylation is 1. The molecule has 0 bridgehead atoms. The van der Waals surface area contributed by atoms with Gasteiger partial charge < -0.3 is 0 Å². The third kappa shape index (κ3) is 4.51. The maximum Gasteiger partial charge on any atom is 0.0469 e. The maximum atomic E-state index is 2.57. The summed E-state index contributed by atoms with van der Waals surface area (Å²) in [5.74, 6) is 0. The lowest BCUT2D eigenvalue weighted by atomic mass is 9.73. The van der Waals surface area contributed by atoms with E-state index in [1.165, 1.54) is 121 Å². The van der Waals surface area contributed by atoms with E-state index in [0.29, 0.717) is 0 Å². The van der Waals surface area contributed by atoms with Crippen molar-refractivity contribution < 1.29 is 0 Å². The Bertz CT molecular complexity index is 3470. The summed E-state index contributed by atoms with van der Waals surface area (Å²) in [7, 11) is 0. The molecule has 0 heteroatoms. The summed E-state index contributed by atoms with van der Waals surface area (Å²) in [6.07, 6.45) is 2.18. The van der Waals surface area contributed by atoms with Gasteiger partial charge in [-0.2, -0.15) is 0 Å². The molecular weight excluding hydrogens is 721 g/mol. The minimum Gasteiger partial charge on any atom is -0.0620 e. The number of hydrogen-bond acceptors (Lipinski definition) is 0. The third-order valence-electron chi connectivity index (χ3n) is 14.7. The number of hydrogen-bond donors (Lipinski definition) is 0. The van der Waals surface area contributed by atoms with Crippen LogP contribution in [0.5, 0.6) is 0 Å². The van der Waals surface area contributed by atoms with Crippen LogP contribution < -0.4 is 0 Å². The fourth-order valence-corrected chi connectivity index (χ4v) is 11.9. The van der Waals surface area contributed by atoms with Crippen LogP contribution in [0.4, 0.5) is 0 Å². The molecule has 3 aliphatic carbocycles. The van der Waals surface area contributed by atoms with Gasteiger partial charge >= 0.3 is 0 Å². The summed E-state index contributed by atoms with van der Waals surface area (Å²) in [6, 6.07) is 74.1. The molecule has 0 nitrogen and oxygen atoms in total. The van der Waals surface area contributed by atoms with Crippen LogP contribution in [0.25, 0.3) is 88.0 Å². The highest BCUT2D eigenvalue weighted by atomic mass is 14.5. The Kier molecular flexibility index (Phi) is 6.93. The van der Waals surface area contributed by atoms with Gasteiger partial charge in [-0.15, -0.1) is 0 Å². The van der Waals surface area contributed by atoms with E-state index in [1.807, 2.05) is 0 Å². The van der Waals surface area contributed by atoms with Crippen molar-refractivity contribution in [2.75, 3.05) is 0 Å². The maximum absolute atomic E-state index is 2.57. The molecule has 1 atom stereocenters. The molecule has 0 heterocycles. The predicted molar refractivity (Wildman–Crippen MR) is 253 cm³/mol. The zero-order valence-corrected chi connectivity index (χ0v) is 33.9. The minimum absolute atomic E-state index is 0.0967. The quantitative estimate of drug-likeness (QED) is 0.157. The van der Waals surface area contributed by atoms with Gasteiger partial charge in [0.25, 0.3) is 0 Å². The van der Waals surface area contributed by atoms with Crippen molar-refractivity contribution in [3.63, 3.8) is 0 Å². The van der Waals surface area contributed by atoms with Crippen LogP contribution in [0.1, 0.15) is 53.6 Å². The molecule has 0 amide bonds. The van der Waals surface area contributed by atoms with Crippen LogP contribution in [-0.2, 0) is 17.3 Å². The molecule has 0 aromatic heterocycles. The molecule has 10 aromatic rings. The third-order valence-corrected chi connectivity index (χ3v) is 14.7. The van der Waals surface area contributed by atoms with E-state index in [2.05, 4.69) is 208 Å². The van der Waals surface area contributed by atoms with Gasteiger partial charge in [-0.05, 0) is 158 Å². The Morgan fingerprint density at radius 3 is 1.63 bits per heavy atom. The molecular formula is C60H42. The second-order valence-electron chi connectivity index (χ2n) is 17.9. The van der Waals surface area contributed by atoms with Gasteiger partial charge in [0.15, 0.2) is 0 Å². The molecule has 282 valence electrons. The fraction of sp³-hybridized carbons (Fsp3) is 0.100. The highest BCUT2D eigenvalue weighted by Gasteiger charge is 2.48. The van der Waals surface area contributed by atoms with Crippen molar-refractivity contribution in [1.29, 1.82) is 0 Å². The molecule has 60 heavy (non-hydrogen) atoms. The van der Waals surface area contributed by atoms with Crippen LogP contribution in [0.15, 0.2) is 194 Å². The molecule has 13 rings (SSSR count). The van der Waals surface area contributed by atoms with Gasteiger partial charge in [-0.1, -0.05) is 184 Å². The molecule has 3 aliphatic rings. The predicted octanol–water partition coefficient (Wildman–Crippen LogP) is 15.7. The van der Waals surface area contributed by atoms with Crippen LogP contribution >= 0.6 is 0 Å². The van der Waals surface area contributed by atoms with E-state index < -0.39 is 0 Å². The molecule has 0 saturated heterocycles.